The third-order valence-corrected chi connectivity index (χ3v) is 3.26. The number of carbonyl (C=O) groups excluding carboxylic acids is 4. The summed E-state index contributed by atoms with van der Waals surface area (Å²) >= 11 is 0. The Morgan fingerprint density at radius 3 is 1.96 bits per heavy atom. The molecular formula is C14H23N5O9. The van der Waals surface area contributed by atoms with Crippen molar-refractivity contribution in [1.29, 1.82) is 0 Å². The predicted octanol–water partition coefficient (Wildman–Crippen LogP) is -4.78. The zero-order valence-corrected chi connectivity index (χ0v) is 14.9. The van der Waals surface area contributed by atoms with E-state index >= 15 is 0 Å². The Balaban J connectivity index is 4.90. The van der Waals surface area contributed by atoms with E-state index in [1.807, 2.05) is 10.6 Å². The van der Waals surface area contributed by atoms with Gasteiger partial charge in [-0.15, -0.1) is 0 Å². The molecule has 0 aromatic rings. The first-order chi connectivity index (χ1) is 12.8. The number of aliphatic hydroxyl groups excluding tert-OH is 1. The number of aliphatic hydroxyl groups is 1. The highest BCUT2D eigenvalue weighted by atomic mass is 16.4. The number of hydrogen-bond acceptors (Lipinski definition) is 8. The van der Waals surface area contributed by atoms with Crippen molar-refractivity contribution in [2.45, 2.75) is 44.0 Å². The van der Waals surface area contributed by atoms with Gasteiger partial charge in [-0.1, -0.05) is 0 Å². The summed E-state index contributed by atoms with van der Waals surface area (Å²) in [6, 6.07) is -4.68. The highest BCUT2D eigenvalue weighted by molar-refractivity contribution is 5.95. The summed E-state index contributed by atoms with van der Waals surface area (Å²) in [5.74, 6) is -6.86. The van der Waals surface area contributed by atoms with Crippen LogP contribution in [0.25, 0.3) is 0 Å². The van der Waals surface area contributed by atoms with Gasteiger partial charge >= 0.3 is 11.9 Å². The number of carboxylic acid groups (broad SMARTS) is 2. The lowest BCUT2D eigenvalue weighted by Gasteiger charge is -2.22. The van der Waals surface area contributed by atoms with Crippen LogP contribution in [0, 0.1) is 0 Å². The van der Waals surface area contributed by atoms with Crippen LogP contribution < -0.4 is 27.4 Å². The van der Waals surface area contributed by atoms with Gasteiger partial charge in [0, 0.05) is 0 Å². The van der Waals surface area contributed by atoms with E-state index in [9.17, 15) is 33.9 Å². The van der Waals surface area contributed by atoms with Crippen LogP contribution in [0.1, 0.15) is 19.8 Å². The molecule has 10 N–H and O–H groups in total. The third-order valence-electron chi connectivity index (χ3n) is 3.26. The minimum absolute atomic E-state index is 0.671. The first-order valence-electron chi connectivity index (χ1n) is 7.89. The van der Waals surface area contributed by atoms with E-state index in [1.165, 1.54) is 0 Å². The normalized spacial score (nSPS) is 14.7. The van der Waals surface area contributed by atoms with Crippen LogP contribution in [0.4, 0.5) is 0 Å². The Kier molecular flexibility index (Phi) is 10.1. The number of rotatable bonds is 12. The second-order valence-electron chi connectivity index (χ2n) is 5.78. The van der Waals surface area contributed by atoms with Gasteiger partial charge in [0.05, 0.1) is 31.5 Å². The molecule has 4 unspecified atom stereocenters. The van der Waals surface area contributed by atoms with Crippen LogP contribution in [-0.2, 0) is 28.8 Å². The molecule has 158 valence electrons. The van der Waals surface area contributed by atoms with Crippen molar-refractivity contribution in [3.05, 3.63) is 0 Å². The summed E-state index contributed by atoms with van der Waals surface area (Å²) in [6.07, 6.45) is -2.83. The molecule has 0 aliphatic heterocycles. The lowest BCUT2D eigenvalue weighted by molar-refractivity contribution is -0.145. The molecule has 0 saturated carbocycles. The molecule has 0 heterocycles. The fraction of sp³-hybridized carbons (Fsp3) is 0.571. The molecule has 0 radical (unpaired) electrons. The molecule has 0 bridgehead atoms. The molecule has 28 heavy (non-hydrogen) atoms. The van der Waals surface area contributed by atoms with E-state index in [2.05, 4.69) is 5.32 Å². The number of nitrogens with one attached hydrogen (secondary N) is 3. The van der Waals surface area contributed by atoms with Crippen molar-refractivity contribution < 1.29 is 44.1 Å². The van der Waals surface area contributed by atoms with E-state index < -0.39 is 79.2 Å². The SMILES string of the molecule is CC(O)C(NC(=O)C(CC(N)=O)NC(=O)CNC(=O)C(N)CC(=O)O)C(=O)O. The average Bonchev–Trinajstić information content (AvgIpc) is 2.54. The zero-order valence-electron chi connectivity index (χ0n) is 14.9. The second kappa shape index (κ2) is 11.5. The molecule has 0 rings (SSSR count). The summed E-state index contributed by atoms with van der Waals surface area (Å²) in [5.41, 5.74) is 10.3. The maximum Gasteiger partial charge on any atom is 0.328 e. The summed E-state index contributed by atoms with van der Waals surface area (Å²) in [7, 11) is 0. The molecule has 0 aromatic heterocycles. The Hall–Kier alpha value is -3.26. The molecule has 0 aliphatic rings. The van der Waals surface area contributed by atoms with E-state index in [0.717, 1.165) is 6.92 Å². The van der Waals surface area contributed by atoms with E-state index in [-0.39, 0.29) is 0 Å². The first-order valence-corrected chi connectivity index (χ1v) is 7.89. The van der Waals surface area contributed by atoms with E-state index in [4.69, 9.17) is 21.7 Å². The molecule has 0 fully saturated rings. The standard InChI is InChI=1S/C14H23N5O9/c1-5(20)11(14(27)28)19-13(26)7(3-8(16)21)18-9(22)4-17-12(25)6(15)2-10(23)24/h5-7,11,20H,2-4,15H2,1H3,(H2,16,21)(H,17,25)(H,18,22)(H,19,26)(H,23,24)(H,27,28). The van der Waals surface area contributed by atoms with Crippen molar-refractivity contribution in [2.75, 3.05) is 6.54 Å². The van der Waals surface area contributed by atoms with Crippen LogP contribution in [0.2, 0.25) is 0 Å². The van der Waals surface area contributed by atoms with Gasteiger partial charge in [0.25, 0.3) is 0 Å². The Morgan fingerprint density at radius 1 is 0.964 bits per heavy atom. The van der Waals surface area contributed by atoms with Gasteiger partial charge in [0.2, 0.25) is 23.6 Å². The number of nitrogens with two attached hydrogens (primary N) is 2. The molecule has 0 aliphatic carbocycles. The maximum absolute atomic E-state index is 12.1. The van der Waals surface area contributed by atoms with Gasteiger partial charge in [-0.25, -0.2) is 4.79 Å². The molecule has 4 amide bonds. The zero-order chi connectivity index (χ0) is 22.0. The summed E-state index contributed by atoms with van der Waals surface area (Å²) in [5, 5.41) is 32.9. The van der Waals surface area contributed by atoms with Crippen molar-refractivity contribution in [1.82, 2.24) is 16.0 Å². The minimum Gasteiger partial charge on any atom is -0.481 e. The van der Waals surface area contributed by atoms with Crippen LogP contribution in [-0.4, -0.2) is 81.7 Å². The van der Waals surface area contributed by atoms with Gasteiger partial charge in [-0.3, -0.25) is 24.0 Å². The smallest absolute Gasteiger partial charge is 0.328 e. The lowest BCUT2D eigenvalue weighted by Crippen LogP contribution is -2.56. The molecule has 0 saturated heterocycles. The molecule has 0 aromatic carbocycles. The Labute approximate surface area is 158 Å². The molecule has 0 spiro atoms. The Bertz CT molecular complexity index is 637. The van der Waals surface area contributed by atoms with Gasteiger partial charge in [0.1, 0.15) is 6.04 Å². The van der Waals surface area contributed by atoms with Crippen molar-refractivity contribution in [3.63, 3.8) is 0 Å². The van der Waals surface area contributed by atoms with Crippen molar-refractivity contribution in [2.24, 2.45) is 11.5 Å². The lowest BCUT2D eigenvalue weighted by atomic mass is 10.1. The largest absolute Gasteiger partial charge is 0.481 e. The highest BCUT2D eigenvalue weighted by Crippen LogP contribution is 1.98. The number of amides is 4. The predicted molar refractivity (Wildman–Crippen MR) is 90.2 cm³/mol. The summed E-state index contributed by atoms with van der Waals surface area (Å²) in [4.78, 5) is 68.1. The topological polar surface area (TPSA) is 251 Å². The first kappa shape index (κ1) is 24.7. The Morgan fingerprint density at radius 2 is 1.54 bits per heavy atom. The van der Waals surface area contributed by atoms with Crippen LogP contribution in [0.5, 0.6) is 0 Å². The van der Waals surface area contributed by atoms with E-state index in [1.54, 1.807) is 0 Å². The number of hydrogen-bond donors (Lipinski definition) is 8. The average molecular weight is 405 g/mol. The fourth-order valence-corrected chi connectivity index (χ4v) is 1.88. The van der Waals surface area contributed by atoms with Crippen LogP contribution >= 0.6 is 0 Å². The van der Waals surface area contributed by atoms with Gasteiger partial charge in [-0.05, 0) is 6.92 Å². The second-order valence-corrected chi connectivity index (χ2v) is 5.78. The highest BCUT2D eigenvalue weighted by Gasteiger charge is 2.30. The number of primary amides is 1. The molecule has 14 nitrogen and oxygen atoms in total. The third kappa shape index (κ3) is 9.44. The number of aliphatic carboxylic acids is 2. The van der Waals surface area contributed by atoms with E-state index in [0.29, 0.717) is 0 Å². The van der Waals surface area contributed by atoms with Crippen molar-refractivity contribution >= 4 is 35.6 Å². The maximum atomic E-state index is 12.1. The monoisotopic (exact) mass is 405 g/mol. The summed E-state index contributed by atoms with van der Waals surface area (Å²) in [6.45, 7) is 0.407. The van der Waals surface area contributed by atoms with Crippen molar-refractivity contribution in [3.8, 4) is 0 Å². The number of carboxylic acids is 2. The molecule has 14 heteroatoms. The van der Waals surface area contributed by atoms with Crippen LogP contribution in [0.3, 0.4) is 0 Å². The van der Waals surface area contributed by atoms with Gasteiger partial charge < -0.3 is 42.7 Å². The number of carbonyl (C=O) groups is 6. The molecular weight excluding hydrogens is 382 g/mol. The summed E-state index contributed by atoms with van der Waals surface area (Å²) < 4.78 is 0. The molecule has 4 atom stereocenters. The van der Waals surface area contributed by atoms with Gasteiger partial charge in [-0.2, -0.15) is 0 Å². The minimum atomic E-state index is -1.70. The quantitative estimate of drug-likeness (QED) is 0.154. The van der Waals surface area contributed by atoms with Gasteiger partial charge in [0.15, 0.2) is 6.04 Å². The fourth-order valence-electron chi connectivity index (χ4n) is 1.88. The van der Waals surface area contributed by atoms with Crippen LogP contribution in [0.15, 0.2) is 0 Å².